The number of ether oxygens (including phenoxy) is 1. The van der Waals surface area contributed by atoms with E-state index in [4.69, 9.17) is 4.74 Å². The van der Waals surface area contributed by atoms with Crippen molar-refractivity contribution in [2.45, 2.75) is 33.4 Å². The SMILES string of the molecule is CCNCc1c(C)nn(C)c1N1CCOC(C)C1. The predicted molar refractivity (Wildman–Crippen MR) is 73.0 cm³/mol. The van der Waals surface area contributed by atoms with E-state index in [2.05, 4.69) is 36.1 Å². The molecule has 1 aromatic rings. The molecule has 2 rings (SSSR count). The molecule has 2 heterocycles. The summed E-state index contributed by atoms with van der Waals surface area (Å²) in [7, 11) is 2.03. The van der Waals surface area contributed by atoms with Crippen molar-refractivity contribution >= 4 is 5.82 Å². The van der Waals surface area contributed by atoms with Crippen molar-refractivity contribution in [2.24, 2.45) is 7.05 Å². The van der Waals surface area contributed by atoms with Gasteiger partial charge < -0.3 is 15.0 Å². The number of nitrogens with zero attached hydrogens (tertiary/aromatic N) is 3. The summed E-state index contributed by atoms with van der Waals surface area (Å²) in [5, 5.41) is 7.96. The third-order valence-corrected chi connectivity index (χ3v) is 3.41. The molecule has 1 N–H and O–H groups in total. The zero-order chi connectivity index (χ0) is 13.1. The Morgan fingerprint density at radius 3 is 2.94 bits per heavy atom. The molecule has 0 amide bonds. The summed E-state index contributed by atoms with van der Waals surface area (Å²) in [5.74, 6) is 1.24. The second-order valence-electron chi connectivity index (χ2n) is 4.92. The van der Waals surface area contributed by atoms with Crippen LogP contribution in [0.3, 0.4) is 0 Å². The van der Waals surface area contributed by atoms with Crippen molar-refractivity contribution in [1.82, 2.24) is 15.1 Å². The summed E-state index contributed by atoms with van der Waals surface area (Å²) >= 11 is 0. The zero-order valence-electron chi connectivity index (χ0n) is 11.9. The third-order valence-electron chi connectivity index (χ3n) is 3.41. The highest BCUT2D eigenvalue weighted by Crippen LogP contribution is 2.24. The van der Waals surface area contributed by atoms with Gasteiger partial charge in [-0.3, -0.25) is 4.68 Å². The first-order chi connectivity index (χ1) is 8.63. The molecule has 0 saturated carbocycles. The fraction of sp³-hybridized carbons (Fsp3) is 0.769. The molecule has 1 aliphatic heterocycles. The van der Waals surface area contributed by atoms with Gasteiger partial charge in [0.1, 0.15) is 5.82 Å². The van der Waals surface area contributed by atoms with E-state index in [1.165, 1.54) is 11.4 Å². The minimum atomic E-state index is 0.293. The fourth-order valence-corrected chi connectivity index (χ4v) is 2.55. The second-order valence-corrected chi connectivity index (χ2v) is 4.92. The maximum atomic E-state index is 5.61. The Morgan fingerprint density at radius 2 is 2.28 bits per heavy atom. The van der Waals surface area contributed by atoms with Crippen LogP contribution >= 0.6 is 0 Å². The molecule has 0 aliphatic carbocycles. The van der Waals surface area contributed by atoms with Crippen molar-refractivity contribution in [3.8, 4) is 0 Å². The lowest BCUT2D eigenvalue weighted by Crippen LogP contribution is -2.42. The average Bonchev–Trinajstić information content (AvgIpc) is 2.61. The number of morpholine rings is 1. The van der Waals surface area contributed by atoms with Crippen molar-refractivity contribution in [3.63, 3.8) is 0 Å². The third kappa shape index (κ3) is 2.67. The van der Waals surface area contributed by atoms with E-state index in [1.54, 1.807) is 0 Å². The maximum absolute atomic E-state index is 5.61. The van der Waals surface area contributed by atoms with Gasteiger partial charge >= 0.3 is 0 Å². The van der Waals surface area contributed by atoms with Gasteiger partial charge in [-0.25, -0.2) is 0 Å². The van der Waals surface area contributed by atoms with Gasteiger partial charge in [0.25, 0.3) is 0 Å². The normalized spacial score (nSPS) is 20.4. The summed E-state index contributed by atoms with van der Waals surface area (Å²) in [6, 6.07) is 0. The number of anilines is 1. The van der Waals surface area contributed by atoms with Crippen LogP contribution in [-0.4, -0.2) is 42.1 Å². The van der Waals surface area contributed by atoms with E-state index in [1.807, 2.05) is 11.7 Å². The first kappa shape index (κ1) is 13.4. The van der Waals surface area contributed by atoms with Gasteiger partial charge in [0.05, 0.1) is 18.4 Å². The van der Waals surface area contributed by atoms with Crippen LogP contribution in [-0.2, 0) is 18.3 Å². The predicted octanol–water partition coefficient (Wildman–Crippen LogP) is 1.06. The highest BCUT2D eigenvalue weighted by Gasteiger charge is 2.23. The molecule has 1 saturated heterocycles. The molecule has 1 atom stereocenters. The van der Waals surface area contributed by atoms with E-state index in [0.29, 0.717) is 6.10 Å². The van der Waals surface area contributed by atoms with E-state index in [-0.39, 0.29) is 0 Å². The Kier molecular flexibility index (Phi) is 4.24. The number of aryl methyl sites for hydroxylation is 2. The van der Waals surface area contributed by atoms with Gasteiger partial charge in [-0.15, -0.1) is 0 Å². The van der Waals surface area contributed by atoms with Gasteiger partial charge in [-0.2, -0.15) is 5.10 Å². The smallest absolute Gasteiger partial charge is 0.131 e. The van der Waals surface area contributed by atoms with E-state index < -0.39 is 0 Å². The lowest BCUT2D eigenvalue weighted by atomic mass is 10.2. The minimum Gasteiger partial charge on any atom is -0.375 e. The number of hydrogen-bond acceptors (Lipinski definition) is 4. The Labute approximate surface area is 109 Å². The second kappa shape index (κ2) is 5.71. The van der Waals surface area contributed by atoms with Crippen LogP contribution in [0.25, 0.3) is 0 Å². The van der Waals surface area contributed by atoms with Crippen LogP contribution in [0.1, 0.15) is 25.1 Å². The zero-order valence-corrected chi connectivity index (χ0v) is 11.9. The Bertz CT molecular complexity index is 402. The number of rotatable bonds is 4. The Hall–Kier alpha value is -1.07. The summed E-state index contributed by atoms with van der Waals surface area (Å²) in [6.07, 6.45) is 0.293. The van der Waals surface area contributed by atoms with Gasteiger partial charge in [-0.05, 0) is 20.4 Å². The van der Waals surface area contributed by atoms with Crippen LogP contribution in [0.2, 0.25) is 0 Å². The topological polar surface area (TPSA) is 42.3 Å². The van der Waals surface area contributed by atoms with Crippen molar-refractivity contribution in [3.05, 3.63) is 11.3 Å². The first-order valence-electron chi connectivity index (χ1n) is 6.73. The molecule has 102 valence electrons. The monoisotopic (exact) mass is 252 g/mol. The van der Waals surface area contributed by atoms with Gasteiger partial charge in [0.2, 0.25) is 0 Å². The molecule has 18 heavy (non-hydrogen) atoms. The van der Waals surface area contributed by atoms with Crippen molar-refractivity contribution in [2.75, 3.05) is 31.1 Å². The lowest BCUT2D eigenvalue weighted by molar-refractivity contribution is 0.0526. The van der Waals surface area contributed by atoms with E-state index in [0.717, 1.165) is 38.5 Å². The summed E-state index contributed by atoms with van der Waals surface area (Å²) in [5.41, 5.74) is 2.43. The summed E-state index contributed by atoms with van der Waals surface area (Å²) < 4.78 is 7.61. The van der Waals surface area contributed by atoms with Crippen molar-refractivity contribution in [1.29, 1.82) is 0 Å². The summed E-state index contributed by atoms with van der Waals surface area (Å²) in [4.78, 5) is 2.39. The van der Waals surface area contributed by atoms with Crippen LogP contribution in [0.5, 0.6) is 0 Å². The largest absolute Gasteiger partial charge is 0.375 e. The standard InChI is InChI=1S/C13H24N4O/c1-5-14-8-12-11(3)15-16(4)13(12)17-6-7-18-10(2)9-17/h10,14H,5-9H2,1-4H3. The van der Waals surface area contributed by atoms with Crippen LogP contribution in [0.4, 0.5) is 5.82 Å². The molecule has 1 fully saturated rings. The summed E-state index contributed by atoms with van der Waals surface area (Å²) in [6.45, 7) is 10.9. The Balaban J connectivity index is 2.24. The van der Waals surface area contributed by atoms with Crippen LogP contribution in [0, 0.1) is 6.92 Å². The molecule has 0 spiro atoms. The van der Waals surface area contributed by atoms with Crippen LogP contribution < -0.4 is 10.2 Å². The quantitative estimate of drug-likeness (QED) is 0.870. The lowest BCUT2D eigenvalue weighted by Gasteiger charge is -2.33. The first-order valence-corrected chi connectivity index (χ1v) is 6.73. The molecule has 5 heteroatoms. The number of nitrogens with one attached hydrogen (secondary N) is 1. The minimum absolute atomic E-state index is 0.293. The molecular formula is C13H24N4O. The Morgan fingerprint density at radius 1 is 1.50 bits per heavy atom. The molecule has 0 bridgehead atoms. The molecular weight excluding hydrogens is 228 g/mol. The van der Waals surface area contributed by atoms with Gasteiger partial charge in [0, 0.05) is 32.2 Å². The molecule has 5 nitrogen and oxygen atoms in total. The van der Waals surface area contributed by atoms with E-state index >= 15 is 0 Å². The number of hydrogen-bond donors (Lipinski definition) is 1. The molecule has 1 unspecified atom stereocenters. The fourth-order valence-electron chi connectivity index (χ4n) is 2.55. The highest BCUT2D eigenvalue weighted by molar-refractivity contribution is 5.50. The van der Waals surface area contributed by atoms with Crippen LogP contribution in [0.15, 0.2) is 0 Å². The number of aromatic nitrogens is 2. The molecule has 0 radical (unpaired) electrons. The molecule has 1 aliphatic rings. The molecule has 1 aromatic heterocycles. The molecule has 0 aromatic carbocycles. The maximum Gasteiger partial charge on any atom is 0.131 e. The highest BCUT2D eigenvalue weighted by atomic mass is 16.5. The van der Waals surface area contributed by atoms with Crippen molar-refractivity contribution < 1.29 is 4.74 Å². The average molecular weight is 252 g/mol. The van der Waals surface area contributed by atoms with Gasteiger partial charge in [-0.1, -0.05) is 6.92 Å². The van der Waals surface area contributed by atoms with Gasteiger partial charge in [0.15, 0.2) is 0 Å². The van der Waals surface area contributed by atoms with E-state index in [9.17, 15) is 0 Å².